The number of aromatic nitrogens is 4. The number of aliphatic hydroxyl groups excluding tert-OH is 1. The Morgan fingerprint density at radius 1 is 0.917 bits per heavy atom. The number of nitrogen functional groups attached to an aromatic ring is 1. The van der Waals surface area contributed by atoms with Crippen LogP contribution in [0.15, 0.2) is 61.2 Å². The number of hydrogen-bond acceptors (Lipinski definition) is 18. The number of nitrogens with one attached hydrogen (secondary N) is 2. The maximum atomic E-state index is 14.7. The molecule has 84 heavy (non-hydrogen) atoms. The van der Waals surface area contributed by atoms with Crippen molar-refractivity contribution >= 4 is 80.3 Å². The number of carbonyl (C=O) groups is 3. The number of benzene rings is 3. The van der Waals surface area contributed by atoms with E-state index in [2.05, 4.69) is 135 Å². The summed E-state index contributed by atoms with van der Waals surface area (Å²) in [6.07, 6.45) is -2.98. The summed E-state index contributed by atoms with van der Waals surface area (Å²) in [4.78, 5) is 95.6. The average Bonchev–Trinajstić information content (AvgIpc) is 1.20. The number of ether oxygens (including phenoxy) is 3. The van der Waals surface area contributed by atoms with Crippen molar-refractivity contribution in [1.29, 1.82) is 0 Å². The van der Waals surface area contributed by atoms with E-state index in [9.17, 15) is 48.2 Å². The summed E-state index contributed by atoms with van der Waals surface area (Å²) in [5.41, 5.74) is 12.7. The van der Waals surface area contributed by atoms with Gasteiger partial charge in [0.25, 0.3) is 5.91 Å². The first-order valence-electron chi connectivity index (χ1n) is 27.5. The van der Waals surface area contributed by atoms with Gasteiger partial charge in [0.1, 0.15) is 42.1 Å². The molecule has 1 saturated heterocycles. The van der Waals surface area contributed by atoms with Gasteiger partial charge in [-0.1, -0.05) is 32.0 Å². The zero-order valence-corrected chi connectivity index (χ0v) is 51.5. The minimum atomic E-state index is -5.67. The quantitative estimate of drug-likeness (QED) is 0.0278. The molecule has 1 fully saturated rings. The fraction of sp³-hybridized carbons (Fsp3) is 0.500. The highest BCUT2D eigenvalue weighted by molar-refractivity contribution is 8.08. The third-order valence-corrected chi connectivity index (χ3v) is 20.2. The average molecular weight is 1240 g/mol. The lowest BCUT2D eigenvalue weighted by molar-refractivity contribution is -0.121. The summed E-state index contributed by atoms with van der Waals surface area (Å²) in [5.74, 6) is 1.39. The lowest BCUT2D eigenvalue weighted by atomic mass is 9.77. The smallest absolute Gasteiger partial charge is 0.456 e. The Bertz CT molecular complexity index is 3690. The second kappa shape index (κ2) is 24.2. The van der Waals surface area contributed by atoms with Crippen molar-refractivity contribution in [3.63, 3.8) is 0 Å². The normalized spacial score (nSPS) is 22.8. The lowest BCUT2D eigenvalue weighted by Gasteiger charge is -2.47. The summed E-state index contributed by atoms with van der Waals surface area (Å²) >= 11 is 4.11. The molecule has 26 nitrogen and oxygen atoms in total. The van der Waals surface area contributed by atoms with Gasteiger partial charge in [0.15, 0.2) is 29.3 Å². The van der Waals surface area contributed by atoms with Crippen molar-refractivity contribution in [3.8, 4) is 11.5 Å². The van der Waals surface area contributed by atoms with Crippen molar-refractivity contribution in [2.24, 2.45) is 0 Å². The van der Waals surface area contributed by atoms with Crippen LogP contribution >= 0.6 is 22.4 Å². The molecule has 3 aromatic carbocycles. The number of aliphatic hydroxyl groups is 1. The Morgan fingerprint density at radius 2 is 1.63 bits per heavy atom. The summed E-state index contributed by atoms with van der Waals surface area (Å²) in [6.45, 7) is 13.9. The van der Waals surface area contributed by atoms with Crippen molar-refractivity contribution in [2.75, 3.05) is 57.0 Å². The summed E-state index contributed by atoms with van der Waals surface area (Å²) in [7, 11) is -9.52. The molecule has 0 saturated carbocycles. The number of amides is 3. The van der Waals surface area contributed by atoms with E-state index in [-0.39, 0.29) is 77.8 Å². The number of alkyl carbamates (subject to hydrolysis) is 1. The summed E-state index contributed by atoms with van der Waals surface area (Å²) in [5, 5.41) is 18.6. The molecular weight excluding hydrogens is 1170 g/mol. The molecule has 8 atom stereocenters. The van der Waals surface area contributed by atoms with Crippen LogP contribution in [0, 0.1) is 0 Å². The van der Waals surface area contributed by atoms with Gasteiger partial charge in [-0.3, -0.25) is 18.7 Å². The maximum absolute atomic E-state index is 14.7. The van der Waals surface area contributed by atoms with E-state index >= 15 is 0 Å². The van der Waals surface area contributed by atoms with Crippen LogP contribution in [-0.4, -0.2) is 143 Å². The molecule has 454 valence electrons. The van der Waals surface area contributed by atoms with Gasteiger partial charge in [-0.15, -0.1) is 0 Å². The number of phosphoric ester groups is 1. The molecule has 4 unspecified atom stereocenters. The topological polar surface area (TPSA) is 345 Å². The van der Waals surface area contributed by atoms with Crippen LogP contribution in [-0.2, 0) is 48.4 Å². The maximum Gasteiger partial charge on any atom is 0.488 e. The molecule has 0 bridgehead atoms. The predicted octanol–water partition coefficient (Wildman–Crippen LogP) is 5.15. The third-order valence-electron chi connectivity index (χ3n) is 15.8. The Hall–Kier alpha value is -5.76. The second-order valence-electron chi connectivity index (χ2n) is 22.7. The van der Waals surface area contributed by atoms with Gasteiger partial charge >= 0.3 is 28.5 Å². The highest BCUT2D eigenvalue weighted by atomic mass is 32.5. The van der Waals surface area contributed by atoms with Crippen molar-refractivity contribution in [1.82, 2.24) is 39.6 Å². The number of anilines is 2. The first-order chi connectivity index (χ1) is 39.4. The number of phosphoric acid groups is 2. The molecule has 0 radical (unpaired) electrons. The number of nitrogens with two attached hydrogens (primary N) is 1. The predicted molar refractivity (Wildman–Crippen MR) is 313 cm³/mol. The van der Waals surface area contributed by atoms with Gasteiger partial charge in [-0.25, -0.2) is 37.8 Å². The zero-order valence-electron chi connectivity index (χ0n) is 48.0. The molecule has 5 aromatic rings. The van der Waals surface area contributed by atoms with Gasteiger partial charge in [-0.2, -0.15) is 4.31 Å². The molecule has 9 N–H and O–H groups in total. The van der Waals surface area contributed by atoms with Gasteiger partial charge in [-0.05, 0) is 107 Å². The molecule has 6 heterocycles. The number of carbonyl (C=O) groups excluding carboxylic acids is 3. The molecule has 4 aliphatic heterocycles. The zero-order chi connectivity index (χ0) is 61.0. The molecule has 0 spiro atoms. The van der Waals surface area contributed by atoms with E-state index in [1.54, 1.807) is 11.9 Å². The van der Waals surface area contributed by atoms with E-state index in [4.69, 9.17) is 24.5 Å². The summed E-state index contributed by atoms with van der Waals surface area (Å²) < 4.78 is 59.5. The Kier molecular flexibility index (Phi) is 18.1. The molecule has 3 amide bonds. The second-order valence-corrected chi connectivity index (χ2v) is 28.5. The van der Waals surface area contributed by atoms with E-state index in [1.807, 2.05) is 24.3 Å². The number of fused-ring (bicyclic) bond motifs is 5. The first kappa shape index (κ1) is 62.8. The highest BCUT2D eigenvalue weighted by Crippen LogP contribution is 2.66. The van der Waals surface area contributed by atoms with Gasteiger partial charge in [0.05, 0.1) is 19.0 Å². The van der Waals surface area contributed by atoms with E-state index in [0.29, 0.717) is 12.0 Å². The van der Waals surface area contributed by atoms with Gasteiger partial charge < -0.3 is 65.1 Å². The molecule has 9 rings (SSSR count). The Labute approximate surface area is 490 Å². The number of nitrogens with zero attached hydrogens (tertiary/aromatic N) is 7. The fourth-order valence-corrected chi connectivity index (χ4v) is 16.1. The van der Waals surface area contributed by atoms with Crippen LogP contribution < -0.4 is 41.2 Å². The van der Waals surface area contributed by atoms with Crippen LogP contribution in [0.3, 0.4) is 0 Å². The minimum Gasteiger partial charge on any atom is -0.456 e. The fourth-order valence-electron chi connectivity index (χ4n) is 12.4. The van der Waals surface area contributed by atoms with Gasteiger partial charge in [0, 0.05) is 90.8 Å². The summed E-state index contributed by atoms with van der Waals surface area (Å²) in [6, 6.07) is 16.6. The largest absolute Gasteiger partial charge is 0.488 e. The highest BCUT2D eigenvalue weighted by Gasteiger charge is 2.50. The molecule has 30 heteroatoms. The van der Waals surface area contributed by atoms with Crippen molar-refractivity contribution in [3.05, 3.63) is 99.6 Å². The minimum absolute atomic E-state index is 0.0224. The molecular formula is C54H72N10O16P3S+. The monoisotopic (exact) mass is 1240 g/mol. The van der Waals surface area contributed by atoms with Crippen LogP contribution in [0.25, 0.3) is 16.7 Å². The van der Waals surface area contributed by atoms with E-state index in [0.717, 1.165) is 76.7 Å². The van der Waals surface area contributed by atoms with Crippen LogP contribution in [0.2, 0.25) is 0 Å². The Balaban J connectivity index is 0.858. The number of rotatable bonds is 20. The number of imidazole rings is 1. The molecule has 4 aliphatic rings. The van der Waals surface area contributed by atoms with Crippen molar-refractivity contribution < 1.29 is 75.5 Å². The van der Waals surface area contributed by atoms with Gasteiger partial charge in [0.2, 0.25) is 11.3 Å². The SMILES string of the molecule is CCN1c2cc3c(cc2C(C)CC1(C)C)C(c1ccccc1C(=O)N(C)CCCC(=O)NCCNC(=O)O[C@@H]1[C@H](O)[C@@H](COP(=O)(O)OP(=O)(O)OP(O)(O)=S)O[C@H]1n1cnc2c(N)ncnc21)=c1cc2c(cc1O3)=[N+](CC)C(C)(C)CC2C. The van der Waals surface area contributed by atoms with Crippen LogP contribution in [0.1, 0.15) is 132 Å². The van der Waals surface area contributed by atoms with Crippen LogP contribution in [0.5, 0.6) is 11.5 Å². The Morgan fingerprint density at radius 3 is 2.35 bits per heavy atom. The van der Waals surface area contributed by atoms with Crippen molar-refractivity contribution in [2.45, 2.75) is 129 Å². The van der Waals surface area contributed by atoms with Crippen LogP contribution in [0.4, 0.5) is 16.3 Å². The first-order valence-corrected chi connectivity index (χ1v) is 33.1. The lowest BCUT2D eigenvalue weighted by Crippen LogP contribution is -2.52. The molecule has 0 aliphatic carbocycles. The number of hydrogen-bond donors (Lipinski definition) is 8. The third kappa shape index (κ3) is 13.1. The molecule has 2 aromatic heterocycles. The van der Waals surface area contributed by atoms with E-state index in [1.165, 1.54) is 22.0 Å². The standard InChI is InChI=1S/C54H71N10O16P3S/c1-10-63-38-23-40-36(21-34(38)30(3)25-53(63,5)6)44(37-22-35-31(4)26-54(7,8)64(11-2)39(35)24-41(37)76-40)32-15-12-13-16-33(32)50(67)61(9)20-14-17-43(65)56-18-19-57-52(68)78-47-46(66)42(27-75-81(69,70)79-82(71,72)80-83(73,74)84)77-51(47)62-29-60-45-48(55)58-28-59-49(45)62/h12-13,15-16,21-24,28-31,42,46-47,51,66H,10-11,14,17-20,25-27H2,1-9H3,(H7-,55,56,57,58,59,65,68,69,70,71,72,73,74,84)/p+1/t30?,31?,42-,46-,47-,51-/m1/s1. The van der Waals surface area contributed by atoms with E-state index < -0.39 is 59.6 Å².